The maximum Gasteiger partial charge on any atom is 0.253 e. The van der Waals surface area contributed by atoms with Crippen LogP contribution in [-0.4, -0.2) is 35.8 Å². The smallest absolute Gasteiger partial charge is 0.253 e. The monoisotopic (exact) mass is 373 g/mol. The average molecular weight is 373 g/mol. The number of hydrogen-bond acceptors (Lipinski definition) is 3. The van der Waals surface area contributed by atoms with E-state index in [4.69, 9.17) is 0 Å². The largest absolute Gasteiger partial charge is 0.380 e. The second kappa shape index (κ2) is 8.16. The zero-order valence-corrected chi connectivity index (χ0v) is 15.0. The molecule has 1 atom stereocenters. The Bertz CT molecular complexity index is 857. The van der Waals surface area contributed by atoms with Gasteiger partial charge >= 0.3 is 0 Å². The Morgan fingerprint density at radius 1 is 1.07 bits per heavy atom. The fourth-order valence-electron chi connectivity index (χ4n) is 3.22. The van der Waals surface area contributed by atoms with E-state index in [0.29, 0.717) is 30.0 Å². The van der Waals surface area contributed by atoms with E-state index in [1.165, 1.54) is 13.0 Å². The number of halogens is 2. The van der Waals surface area contributed by atoms with E-state index >= 15 is 0 Å². The summed E-state index contributed by atoms with van der Waals surface area (Å²) < 4.78 is 26.4. The molecule has 2 N–H and O–H groups in total. The van der Waals surface area contributed by atoms with Crippen LogP contribution in [0.4, 0.5) is 20.2 Å². The summed E-state index contributed by atoms with van der Waals surface area (Å²) in [6, 6.07) is 10.4. The number of likely N-dealkylation sites (tertiary alicyclic amines) is 1. The maximum atomic E-state index is 13.4. The molecule has 1 aliphatic rings. The van der Waals surface area contributed by atoms with Gasteiger partial charge in [-0.25, -0.2) is 8.78 Å². The number of amides is 2. The third-order valence-corrected chi connectivity index (χ3v) is 4.43. The van der Waals surface area contributed by atoms with Crippen LogP contribution in [0, 0.1) is 11.6 Å². The topological polar surface area (TPSA) is 61.4 Å². The van der Waals surface area contributed by atoms with Gasteiger partial charge in [0.15, 0.2) is 11.6 Å². The van der Waals surface area contributed by atoms with Crippen molar-refractivity contribution in [1.82, 2.24) is 4.90 Å². The zero-order valence-electron chi connectivity index (χ0n) is 15.0. The van der Waals surface area contributed by atoms with Gasteiger partial charge in [0.1, 0.15) is 0 Å². The van der Waals surface area contributed by atoms with Crippen molar-refractivity contribution in [1.29, 1.82) is 0 Å². The van der Waals surface area contributed by atoms with Crippen molar-refractivity contribution in [2.24, 2.45) is 0 Å². The van der Waals surface area contributed by atoms with Crippen LogP contribution in [0.25, 0.3) is 0 Å². The van der Waals surface area contributed by atoms with E-state index < -0.39 is 11.6 Å². The van der Waals surface area contributed by atoms with E-state index in [9.17, 15) is 18.4 Å². The number of nitrogens with zero attached hydrogens (tertiary/aromatic N) is 1. The van der Waals surface area contributed by atoms with Crippen molar-refractivity contribution in [3.63, 3.8) is 0 Å². The van der Waals surface area contributed by atoms with Crippen LogP contribution in [0.3, 0.4) is 0 Å². The molecule has 0 radical (unpaired) electrons. The first-order valence-electron chi connectivity index (χ1n) is 8.81. The third-order valence-electron chi connectivity index (χ3n) is 4.43. The van der Waals surface area contributed by atoms with Gasteiger partial charge < -0.3 is 15.5 Å². The quantitative estimate of drug-likeness (QED) is 0.860. The van der Waals surface area contributed by atoms with E-state index in [1.54, 1.807) is 29.2 Å². The number of carbonyl (C=O) groups is 2. The molecule has 142 valence electrons. The van der Waals surface area contributed by atoms with Crippen LogP contribution in [0.1, 0.15) is 30.1 Å². The molecule has 1 heterocycles. The Labute approximate surface area is 156 Å². The number of carbonyl (C=O) groups excluding carboxylic acids is 2. The fourth-order valence-corrected chi connectivity index (χ4v) is 3.22. The molecule has 5 nitrogen and oxygen atoms in total. The molecule has 0 unspecified atom stereocenters. The Balaban J connectivity index is 1.67. The summed E-state index contributed by atoms with van der Waals surface area (Å²) in [4.78, 5) is 25.7. The minimum absolute atomic E-state index is 0.0499. The number of anilines is 2. The number of nitrogens with one attached hydrogen (secondary N) is 2. The highest BCUT2D eigenvalue weighted by atomic mass is 19.2. The molecule has 0 aliphatic carbocycles. The first kappa shape index (κ1) is 18.8. The summed E-state index contributed by atoms with van der Waals surface area (Å²) in [6.07, 6.45) is 1.63. The molecule has 2 amide bonds. The Morgan fingerprint density at radius 2 is 1.89 bits per heavy atom. The molecule has 0 saturated carbocycles. The van der Waals surface area contributed by atoms with Crippen LogP contribution < -0.4 is 10.6 Å². The summed E-state index contributed by atoms with van der Waals surface area (Å²) in [5.74, 6) is -2.12. The van der Waals surface area contributed by atoms with Crippen molar-refractivity contribution in [2.45, 2.75) is 25.8 Å². The van der Waals surface area contributed by atoms with Crippen molar-refractivity contribution >= 4 is 23.2 Å². The summed E-state index contributed by atoms with van der Waals surface area (Å²) in [6.45, 7) is 2.50. The highest BCUT2D eigenvalue weighted by molar-refractivity contribution is 5.96. The van der Waals surface area contributed by atoms with Gasteiger partial charge in [-0.3, -0.25) is 9.59 Å². The van der Waals surface area contributed by atoms with E-state index in [1.807, 2.05) is 0 Å². The number of rotatable bonds is 4. The van der Waals surface area contributed by atoms with Crippen LogP contribution in [0.15, 0.2) is 42.5 Å². The van der Waals surface area contributed by atoms with Crippen LogP contribution in [-0.2, 0) is 4.79 Å². The SMILES string of the molecule is CC(=O)Nc1cccc(C(=O)N2CCC[C@H](Nc3ccc(F)c(F)c3)C2)c1. The predicted octanol–water partition coefficient (Wildman–Crippen LogP) is 3.64. The van der Waals surface area contributed by atoms with E-state index in [2.05, 4.69) is 10.6 Å². The molecular weight excluding hydrogens is 352 g/mol. The fraction of sp³-hybridized carbons (Fsp3) is 0.300. The molecule has 2 aromatic carbocycles. The maximum absolute atomic E-state index is 13.4. The lowest BCUT2D eigenvalue weighted by molar-refractivity contribution is -0.114. The van der Waals surface area contributed by atoms with Gasteiger partial charge in [-0.1, -0.05) is 6.07 Å². The van der Waals surface area contributed by atoms with E-state index in [-0.39, 0.29) is 17.9 Å². The third kappa shape index (κ3) is 4.81. The van der Waals surface area contributed by atoms with Crippen molar-refractivity contribution < 1.29 is 18.4 Å². The van der Waals surface area contributed by atoms with Gasteiger partial charge in [-0.15, -0.1) is 0 Å². The van der Waals surface area contributed by atoms with Crippen molar-refractivity contribution in [3.05, 3.63) is 59.7 Å². The van der Waals surface area contributed by atoms with Gasteiger partial charge in [0, 0.05) is 49.1 Å². The molecule has 0 bridgehead atoms. The Morgan fingerprint density at radius 3 is 2.63 bits per heavy atom. The van der Waals surface area contributed by atoms with Gasteiger partial charge in [0.25, 0.3) is 5.91 Å². The van der Waals surface area contributed by atoms with Gasteiger partial charge in [-0.05, 0) is 43.2 Å². The summed E-state index contributed by atoms with van der Waals surface area (Å²) >= 11 is 0. The molecule has 7 heteroatoms. The molecular formula is C20H21F2N3O2. The summed E-state index contributed by atoms with van der Waals surface area (Å²) in [7, 11) is 0. The zero-order chi connectivity index (χ0) is 19.4. The van der Waals surface area contributed by atoms with Crippen molar-refractivity contribution in [2.75, 3.05) is 23.7 Å². The average Bonchev–Trinajstić information content (AvgIpc) is 2.64. The standard InChI is InChI=1S/C20H21F2N3O2/c1-13(26)23-15-5-2-4-14(10-15)20(27)25-9-3-6-17(12-25)24-16-7-8-18(21)19(22)11-16/h2,4-5,7-8,10-11,17,24H,3,6,9,12H2,1H3,(H,23,26)/t17-/m0/s1. The van der Waals surface area contributed by atoms with Gasteiger partial charge in [0.05, 0.1) is 0 Å². The first-order valence-corrected chi connectivity index (χ1v) is 8.81. The van der Waals surface area contributed by atoms with E-state index in [0.717, 1.165) is 25.0 Å². The molecule has 27 heavy (non-hydrogen) atoms. The highest BCUT2D eigenvalue weighted by Gasteiger charge is 2.24. The summed E-state index contributed by atoms with van der Waals surface area (Å²) in [5.41, 5.74) is 1.55. The molecule has 1 saturated heterocycles. The number of hydrogen-bond donors (Lipinski definition) is 2. The van der Waals surface area contributed by atoms with Crippen LogP contribution in [0.5, 0.6) is 0 Å². The Hall–Kier alpha value is -2.96. The first-order chi connectivity index (χ1) is 12.9. The van der Waals surface area contributed by atoms with Crippen molar-refractivity contribution in [3.8, 4) is 0 Å². The normalized spacial score (nSPS) is 16.7. The summed E-state index contributed by atoms with van der Waals surface area (Å²) in [5, 5.41) is 5.83. The lowest BCUT2D eigenvalue weighted by Gasteiger charge is -2.34. The minimum atomic E-state index is -0.904. The van der Waals surface area contributed by atoms with Gasteiger partial charge in [-0.2, -0.15) is 0 Å². The molecule has 3 rings (SSSR count). The molecule has 2 aromatic rings. The second-order valence-electron chi connectivity index (χ2n) is 6.63. The highest BCUT2D eigenvalue weighted by Crippen LogP contribution is 2.20. The lowest BCUT2D eigenvalue weighted by Crippen LogP contribution is -2.45. The predicted molar refractivity (Wildman–Crippen MR) is 99.7 cm³/mol. The molecule has 0 aromatic heterocycles. The van der Waals surface area contributed by atoms with Crippen LogP contribution in [0.2, 0.25) is 0 Å². The Kier molecular flexibility index (Phi) is 5.69. The van der Waals surface area contributed by atoms with Gasteiger partial charge in [0.2, 0.25) is 5.91 Å². The lowest BCUT2D eigenvalue weighted by atomic mass is 10.0. The van der Waals surface area contributed by atoms with Crippen LogP contribution >= 0.6 is 0 Å². The number of piperidine rings is 1. The second-order valence-corrected chi connectivity index (χ2v) is 6.63. The molecule has 0 spiro atoms. The number of benzene rings is 2. The molecule has 1 aliphatic heterocycles. The molecule has 1 fully saturated rings. The minimum Gasteiger partial charge on any atom is -0.380 e.